The quantitative estimate of drug-likeness (QED) is 0.145. The van der Waals surface area contributed by atoms with Crippen molar-refractivity contribution in [2.45, 2.75) is 0 Å². The summed E-state index contributed by atoms with van der Waals surface area (Å²) in [7, 11) is 0. The molecule has 0 saturated heterocycles. The van der Waals surface area contributed by atoms with Crippen molar-refractivity contribution in [3.8, 4) is 66.8 Å². The molecule has 0 atom stereocenters. The monoisotopic (exact) mass is 701 g/mol. The minimum atomic E-state index is 1.09. The van der Waals surface area contributed by atoms with Crippen molar-refractivity contribution < 1.29 is 0 Å². The molecule has 9 aromatic rings. The summed E-state index contributed by atoms with van der Waals surface area (Å²) in [6.07, 6.45) is 0. The summed E-state index contributed by atoms with van der Waals surface area (Å²) < 4.78 is 0. The fraction of sp³-hybridized carbons (Fsp3) is 0. The van der Waals surface area contributed by atoms with E-state index in [2.05, 4.69) is 241 Å². The van der Waals surface area contributed by atoms with Gasteiger partial charge in [0.15, 0.2) is 0 Å². The zero-order valence-electron chi connectivity index (χ0n) is 30.5. The molecule has 0 heterocycles. The van der Waals surface area contributed by atoms with Crippen molar-refractivity contribution in [1.29, 1.82) is 0 Å². The van der Waals surface area contributed by atoms with Crippen LogP contribution in [0.15, 0.2) is 237 Å². The predicted molar refractivity (Wildman–Crippen MR) is 234 cm³/mol. The normalized spacial score (nSPS) is 10.9. The van der Waals surface area contributed by atoms with E-state index in [1.54, 1.807) is 0 Å². The molecular formula is C54H39N. The average molecular weight is 702 g/mol. The number of benzene rings is 9. The van der Waals surface area contributed by atoms with E-state index in [0.29, 0.717) is 0 Å². The maximum atomic E-state index is 2.40. The van der Waals surface area contributed by atoms with Gasteiger partial charge >= 0.3 is 0 Å². The highest BCUT2D eigenvalue weighted by molar-refractivity contribution is 5.93. The van der Waals surface area contributed by atoms with E-state index in [-0.39, 0.29) is 0 Å². The summed E-state index contributed by atoms with van der Waals surface area (Å²) in [5, 5.41) is 0. The van der Waals surface area contributed by atoms with Crippen LogP contribution in [0.1, 0.15) is 0 Å². The van der Waals surface area contributed by atoms with E-state index in [1.807, 2.05) is 0 Å². The SMILES string of the molecule is c1ccc(-c2ccc(-c3ccc(N(c4ccc(-c5ccccc5)cc4)c4ccc(-c5ccccc5-c5ccccc5)cc4-c4ccccc4)cc3)cc2)cc1. The van der Waals surface area contributed by atoms with E-state index in [4.69, 9.17) is 0 Å². The van der Waals surface area contributed by atoms with Crippen LogP contribution in [0.5, 0.6) is 0 Å². The zero-order valence-corrected chi connectivity index (χ0v) is 30.5. The molecule has 9 rings (SSSR count). The number of anilines is 3. The van der Waals surface area contributed by atoms with Gasteiger partial charge in [-0.05, 0) is 97.6 Å². The van der Waals surface area contributed by atoms with Crippen molar-refractivity contribution in [2.24, 2.45) is 0 Å². The first-order chi connectivity index (χ1) is 27.3. The molecule has 0 radical (unpaired) electrons. The maximum absolute atomic E-state index is 2.40. The first-order valence-electron chi connectivity index (χ1n) is 18.8. The van der Waals surface area contributed by atoms with Gasteiger partial charge in [0.05, 0.1) is 5.69 Å². The molecule has 1 nitrogen and oxygen atoms in total. The average Bonchev–Trinajstić information content (AvgIpc) is 3.28. The van der Waals surface area contributed by atoms with Crippen molar-refractivity contribution in [3.05, 3.63) is 237 Å². The Bertz CT molecular complexity index is 2630. The third kappa shape index (κ3) is 7.12. The van der Waals surface area contributed by atoms with Gasteiger partial charge in [0, 0.05) is 16.9 Å². The molecule has 0 fully saturated rings. The molecule has 260 valence electrons. The van der Waals surface area contributed by atoms with E-state index in [1.165, 1.54) is 55.6 Å². The Balaban J connectivity index is 1.16. The first-order valence-corrected chi connectivity index (χ1v) is 18.8. The van der Waals surface area contributed by atoms with Crippen molar-refractivity contribution in [1.82, 2.24) is 0 Å². The molecule has 1 heteroatoms. The summed E-state index contributed by atoms with van der Waals surface area (Å²) in [6, 6.07) is 85.0. The standard InChI is InChI=1S/C54H39N/c1-5-15-40(16-6-1)42-25-27-43(28-26-42)45-31-36-50(37-32-45)55(49-34-29-44(30-35-49)41-17-7-2-8-18-41)54-38-33-48(39-53(54)47-21-11-4-12-22-47)52-24-14-13-23-51(52)46-19-9-3-10-20-46/h1-39H. The third-order valence-corrected chi connectivity index (χ3v) is 10.3. The Labute approximate surface area is 324 Å². The van der Waals surface area contributed by atoms with Crippen LogP contribution in [-0.4, -0.2) is 0 Å². The van der Waals surface area contributed by atoms with Gasteiger partial charge in [-0.3, -0.25) is 0 Å². The highest BCUT2D eigenvalue weighted by Gasteiger charge is 2.19. The zero-order chi connectivity index (χ0) is 36.8. The summed E-state index contributed by atoms with van der Waals surface area (Å²) >= 11 is 0. The van der Waals surface area contributed by atoms with Crippen LogP contribution in [0.3, 0.4) is 0 Å². The Morgan fingerprint density at radius 2 is 0.491 bits per heavy atom. The first kappa shape index (κ1) is 33.6. The Morgan fingerprint density at radius 1 is 0.200 bits per heavy atom. The highest BCUT2D eigenvalue weighted by Crippen LogP contribution is 2.44. The molecule has 0 N–H and O–H groups in total. The van der Waals surface area contributed by atoms with Crippen molar-refractivity contribution >= 4 is 17.1 Å². The lowest BCUT2D eigenvalue weighted by Crippen LogP contribution is -2.11. The fourth-order valence-electron chi connectivity index (χ4n) is 7.50. The summed E-state index contributed by atoms with van der Waals surface area (Å²) in [6.45, 7) is 0. The Kier molecular flexibility index (Phi) is 9.41. The molecule has 0 amide bonds. The number of nitrogens with zero attached hydrogens (tertiary/aromatic N) is 1. The lowest BCUT2D eigenvalue weighted by atomic mass is 9.91. The van der Waals surface area contributed by atoms with Crippen LogP contribution >= 0.6 is 0 Å². The maximum Gasteiger partial charge on any atom is 0.0540 e. The van der Waals surface area contributed by atoms with Crippen LogP contribution in [-0.2, 0) is 0 Å². The highest BCUT2D eigenvalue weighted by atomic mass is 15.1. The van der Waals surface area contributed by atoms with Gasteiger partial charge in [0.25, 0.3) is 0 Å². The Hall–Kier alpha value is -7.22. The van der Waals surface area contributed by atoms with Gasteiger partial charge in [-0.2, -0.15) is 0 Å². The molecule has 0 aliphatic rings. The molecule has 0 saturated carbocycles. The molecule has 0 spiro atoms. The van der Waals surface area contributed by atoms with Gasteiger partial charge < -0.3 is 4.90 Å². The topological polar surface area (TPSA) is 3.24 Å². The van der Waals surface area contributed by atoms with Gasteiger partial charge in [-0.15, -0.1) is 0 Å². The van der Waals surface area contributed by atoms with Crippen molar-refractivity contribution in [2.75, 3.05) is 4.90 Å². The van der Waals surface area contributed by atoms with Gasteiger partial charge in [0.2, 0.25) is 0 Å². The second kappa shape index (κ2) is 15.4. The minimum Gasteiger partial charge on any atom is -0.310 e. The van der Waals surface area contributed by atoms with Crippen molar-refractivity contribution in [3.63, 3.8) is 0 Å². The van der Waals surface area contributed by atoms with E-state index >= 15 is 0 Å². The molecule has 0 aliphatic carbocycles. The van der Waals surface area contributed by atoms with Crippen LogP contribution in [0.2, 0.25) is 0 Å². The molecule has 0 unspecified atom stereocenters. The Morgan fingerprint density at radius 3 is 0.909 bits per heavy atom. The lowest BCUT2D eigenvalue weighted by Gasteiger charge is -2.29. The molecular weight excluding hydrogens is 663 g/mol. The molecule has 55 heavy (non-hydrogen) atoms. The van der Waals surface area contributed by atoms with E-state index < -0.39 is 0 Å². The number of hydrogen-bond acceptors (Lipinski definition) is 1. The van der Waals surface area contributed by atoms with E-state index in [0.717, 1.165) is 28.2 Å². The summed E-state index contributed by atoms with van der Waals surface area (Å²) in [5.41, 5.74) is 17.6. The molecule has 0 bridgehead atoms. The van der Waals surface area contributed by atoms with Crippen LogP contribution in [0, 0.1) is 0 Å². The smallest absolute Gasteiger partial charge is 0.0540 e. The second-order valence-electron chi connectivity index (χ2n) is 13.7. The van der Waals surface area contributed by atoms with E-state index in [9.17, 15) is 0 Å². The second-order valence-corrected chi connectivity index (χ2v) is 13.7. The third-order valence-electron chi connectivity index (χ3n) is 10.3. The summed E-state index contributed by atoms with van der Waals surface area (Å²) in [5.74, 6) is 0. The molecule has 0 aromatic heterocycles. The fourth-order valence-corrected chi connectivity index (χ4v) is 7.50. The van der Waals surface area contributed by atoms with Gasteiger partial charge in [-0.1, -0.05) is 200 Å². The van der Waals surface area contributed by atoms with Gasteiger partial charge in [-0.25, -0.2) is 0 Å². The van der Waals surface area contributed by atoms with Crippen LogP contribution in [0.25, 0.3) is 66.8 Å². The molecule has 0 aliphatic heterocycles. The largest absolute Gasteiger partial charge is 0.310 e. The number of rotatable bonds is 9. The van der Waals surface area contributed by atoms with Crippen LogP contribution < -0.4 is 4.90 Å². The molecule has 9 aromatic carbocycles. The number of hydrogen-bond donors (Lipinski definition) is 0. The lowest BCUT2D eigenvalue weighted by molar-refractivity contribution is 1.28. The predicted octanol–water partition coefficient (Wildman–Crippen LogP) is 15.2. The van der Waals surface area contributed by atoms with Crippen LogP contribution in [0.4, 0.5) is 17.1 Å². The van der Waals surface area contributed by atoms with Gasteiger partial charge in [0.1, 0.15) is 0 Å². The minimum absolute atomic E-state index is 1.09. The summed E-state index contributed by atoms with van der Waals surface area (Å²) in [4.78, 5) is 2.40.